The highest BCUT2D eigenvalue weighted by Crippen LogP contribution is 2.19. The Hall–Kier alpha value is -2.24. The fourth-order valence-corrected chi connectivity index (χ4v) is 2.02. The molecule has 19 heavy (non-hydrogen) atoms. The van der Waals surface area contributed by atoms with Gasteiger partial charge in [-0.3, -0.25) is 19.4 Å². The monoisotopic (exact) mass is 264 g/mol. The molecule has 5 nitrogen and oxygen atoms in total. The van der Waals surface area contributed by atoms with Crippen molar-refractivity contribution >= 4 is 17.8 Å². The summed E-state index contributed by atoms with van der Waals surface area (Å²) in [5.74, 6) is -2.37. The number of halogens is 1. The molecule has 1 aliphatic heterocycles. The molecule has 1 heterocycles. The minimum Gasteiger partial charge on any atom is -0.273 e. The van der Waals surface area contributed by atoms with Crippen LogP contribution in [0.25, 0.3) is 0 Å². The van der Waals surface area contributed by atoms with Crippen LogP contribution in [-0.2, 0) is 16.0 Å². The van der Waals surface area contributed by atoms with Crippen molar-refractivity contribution in [2.24, 2.45) is 5.92 Å². The van der Waals surface area contributed by atoms with Crippen molar-refractivity contribution in [2.75, 3.05) is 14.1 Å². The second kappa shape index (κ2) is 4.79. The molecule has 0 atom stereocenters. The highest BCUT2D eigenvalue weighted by atomic mass is 19.1. The third kappa shape index (κ3) is 2.33. The average Bonchev–Trinajstić information content (AvgIpc) is 2.41. The van der Waals surface area contributed by atoms with Gasteiger partial charge in [-0.15, -0.1) is 0 Å². The number of amides is 4. The maximum Gasteiger partial charge on any atom is 0.332 e. The van der Waals surface area contributed by atoms with E-state index in [1.54, 1.807) is 0 Å². The zero-order valence-electron chi connectivity index (χ0n) is 10.6. The summed E-state index contributed by atoms with van der Waals surface area (Å²) in [6.45, 7) is 0. The molecule has 6 heteroatoms. The predicted octanol–water partition coefficient (Wildman–Crippen LogP) is 1.03. The zero-order valence-corrected chi connectivity index (χ0v) is 10.6. The predicted molar refractivity (Wildman–Crippen MR) is 64.5 cm³/mol. The Kier molecular flexibility index (Phi) is 3.33. The lowest BCUT2D eigenvalue weighted by Crippen LogP contribution is -2.57. The minimum atomic E-state index is -0.932. The second-order valence-electron chi connectivity index (χ2n) is 4.46. The van der Waals surface area contributed by atoms with Crippen LogP contribution in [0.1, 0.15) is 5.56 Å². The van der Waals surface area contributed by atoms with Gasteiger partial charge in [0.25, 0.3) is 0 Å². The molecule has 2 rings (SSSR count). The van der Waals surface area contributed by atoms with Gasteiger partial charge in [0.1, 0.15) is 11.7 Å². The molecule has 0 unspecified atom stereocenters. The molecule has 0 spiro atoms. The van der Waals surface area contributed by atoms with Gasteiger partial charge < -0.3 is 0 Å². The lowest BCUT2D eigenvalue weighted by molar-refractivity contribution is -0.147. The number of hydrogen-bond donors (Lipinski definition) is 0. The highest BCUT2D eigenvalue weighted by molar-refractivity contribution is 6.15. The molecule has 0 aromatic heterocycles. The summed E-state index contributed by atoms with van der Waals surface area (Å²) in [5, 5.41) is 0. The summed E-state index contributed by atoms with van der Waals surface area (Å²) >= 11 is 0. The van der Waals surface area contributed by atoms with Crippen molar-refractivity contribution < 1.29 is 18.8 Å². The number of carbonyl (C=O) groups is 3. The van der Waals surface area contributed by atoms with E-state index in [2.05, 4.69) is 0 Å². The Bertz CT molecular complexity index is 517. The quantitative estimate of drug-likeness (QED) is 0.750. The van der Waals surface area contributed by atoms with Crippen LogP contribution in [0, 0.1) is 11.7 Å². The van der Waals surface area contributed by atoms with E-state index in [1.807, 2.05) is 0 Å². The maximum absolute atomic E-state index is 12.8. The van der Waals surface area contributed by atoms with E-state index in [0.717, 1.165) is 9.80 Å². The molecule has 1 fully saturated rings. The molecule has 0 bridgehead atoms. The summed E-state index contributed by atoms with van der Waals surface area (Å²) in [6.07, 6.45) is 0.153. The molecule has 1 aromatic rings. The van der Waals surface area contributed by atoms with Crippen molar-refractivity contribution in [3.8, 4) is 0 Å². The standard InChI is InChI=1S/C13H13FN2O3/c1-15-11(17)10(12(18)16(2)13(15)19)7-8-3-5-9(14)6-4-8/h3-6,10H,7H2,1-2H3. The van der Waals surface area contributed by atoms with Gasteiger partial charge in [-0.1, -0.05) is 12.1 Å². The number of nitrogens with zero attached hydrogens (tertiary/aromatic N) is 2. The van der Waals surface area contributed by atoms with Crippen molar-refractivity contribution in [1.82, 2.24) is 9.80 Å². The fraction of sp³-hybridized carbons (Fsp3) is 0.308. The summed E-state index contributed by atoms with van der Waals surface area (Å²) < 4.78 is 12.8. The van der Waals surface area contributed by atoms with Crippen molar-refractivity contribution in [3.05, 3.63) is 35.6 Å². The fourth-order valence-electron chi connectivity index (χ4n) is 2.02. The molecule has 1 saturated heterocycles. The van der Waals surface area contributed by atoms with E-state index >= 15 is 0 Å². The van der Waals surface area contributed by atoms with Gasteiger partial charge in [0, 0.05) is 14.1 Å². The summed E-state index contributed by atoms with van der Waals surface area (Å²) in [7, 11) is 2.68. The van der Waals surface area contributed by atoms with Crippen LogP contribution in [0.4, 0.5) is 9.18 Å². The Morgan fingerprint density at radius 3 is 1.95 bits per heavy atom. The van der Waals surface area contributed by atoms with E-state index in [0.29, 0.717) is 5.56 Å². The first-order chi connectivity index (χ1) is 8.91. The lowest BCUT2D eigenvalue weighted by Gasteiger charge is -2.32. The third-order valence-electron chi connectivity index (χ3n) is 3.18. The van der Waals surface area contributed by atoms with E-state index in [1.165, 1.54) is 38.4 Å². The van der Waals surface area contributed by atoms with Crippen LogP contribution in [0.3, 0.4) is 0 Å². The number of benzene rings is 1. The summed E-state index contributed by atoms with van der Waals surface area (Å²) in [6, 6.07) is 4.95. The van der Waals surface area contributed by atoms with Gasteiger partial charge in [-0.2, -0.15) is 0 Å². The van der Waals surface area contributed by atoms with E-state index < -0.39 is 23.8 Å². The molecule has 100 valence electrons. The SMILES string of the molecule is CN1C(=O)C(Cc2ccc(F)cc2)C(=O)N(C)C1=O. The van der Waals surface area contributed by atoms with Gasteiger partial charge in [-0.05, 0) is 24.1 Å². The molecular weight excluding hydrogens is 251 g/mol. The van der Waals surface area contributed by atoms with Crippen LogP contribution in [0.2, 0.25) is 0 Å². The topological polar surface area (TPSA) is 57.7 Å². The van der Waals surface area contributed by atoms with E-state index in [9.17, 15) is 18.8 Å². The molecule has 0 aliphatic carbocycles. The van der Waals surface area contributed by atoms with Crippen LogP contribution in [-0.4, -0.2) is 41.7 Å². The first-order valence-electron chi connectivity index (χ1n) is 5.75. The van der Waals surface area contributed by atoms with Crippen molar-refractivity contribution in [3.63, 3.8) is 0 Å². The van der Waals surface area contributed by atoms with Gasteiger partial charge in [0.15, 0.2) is 0 Å². The summed E-state index contributed by atoms with van der Waals surface area (Å²) in [5.41, 5.74) is 0.671. The second-order valence-corrected chi connectivity index (χ2v) is 4.46. The van der Waals surface area contributed by atoms with Crippen LogP contribution in [0.15, 0.2) is 24.3 Å². The Morgan fingerprint density at radius 2 is 1.47 bits per heavy atom. The van der Waals surface area contributed by atoms with Gasteiger partial charge in [0.05, 0.1) is 0 Å². The molecule has 0 radical (unpaired) electrons. The zero-order chi connectivity index (χ0) is 14.2. The molecular formula is C13H13FN2O3. The van der Waals surface area contributed by atoms with E-state index in [4.69, 9.17) is 0 Å². The number of carbonyl (C=O) groups excluding carboxylic acids is 3. The number of imide groups is 2. The third-order valence-corrected chi connectivity index (χ3v) is 3.18. The van der Waals surface area contributed by atoms with E-state index in [-0.39, 0.29) is 12.2 Å². The normalized spacial score (nSPS) is 17.3. The first kappa shape index (κ1) is 13.2. The number of hydrogen-bond acceptors (Lipinski definition) is 3. The number of barbiturate groups is 1. The molecule has 4 amide bonds. The average molecular weight is 264 g/mol. The van der Waals surface area contributed by atoms with Crippen LogP contribution in [0.5, 0.6) is 0 Å². The molecule has 1 aliphatic rings. The Balaban J connectivity index is 2.23. The van der Waals surface area contributed by atoms with Gasteiger partial charge >= 0.3 is 6.03 Å². The Labute approximate surface area is 109 Å². The number of rotatable bonds is 2. The molecule has 0 saturated carbocycles. The van der Waals surface area contributed by atoms with Crippen molar-refractivity contribution in [1.29, 1.82) is 0 Å². The Morgan fingerprint density at radius 1 is 1.00 bits per heavy atom. The van der Waals surface area contributed by atoms with Gasteiger partial charge in [-0.25, -0.2) is 9.18 Å². The van der Waals surface area contributed by atoms with Crippen LogP contribution < -0.4 is 0 Å². The smallest absolute Gasteiger partial charge is 0.273 e. The first-order valence-corrected chi connectivity index (χ1v) is 5.75. The van der Waals surface area contributed by atoms with Crippen LogP contribution >= 0.6 is 0 Å². The highest BCUT2D eigenvalue weighted by Gasteiger charge is 2.42. The van der Waals surface area contributed by atoms with Crippen molar-refractivity contribution in [2.45, 2.75) is 6.42 Å². The van der Waals surface area contributed by atoms with Gasteiger partial charge in [0.2, 0.25) is 11.8 Å². The largest absolute Gasteiger partial charge is 0.332 e. The molecule has 1 aromatic carbocycles. The maximum atomic E-state index is 12.8. The molecule has 0 N–H and O–H groups in total. The number of urea groups is 1. The lowest BCUT2D eigenvalue weighted by atomic mass is 9.95. The summed E-state index contributed by atoms with van der Waals surface area (Å²) in [4.78, 5) is 37.3. The minimum absolute atomic E-state index is 0.153.